The van der Waals surface area contributed by atoms with Gasteiger partial charge in [-0.3, -0.25) is 0 Å². The molecule has 2 rings (SSSR count). The third kappa shape index (κ3) is 1.58. The fraction of sp³-hybridized carbons (Fsp3) is 0.571. The van der Waals surface area contributed by atoms with E-state index in [0.29, 0.717) is 5.41 Å². The Balaban J connectivity index is 2.33. The van der Waals surface area contributed by atoms with Crippen molar-refractivity contribution >= 4 is 0 Å². The summed E-state index contributed by atoms with van der Waals surface area (Å²) >= 11 is 0. The molecule has 0 spiro atoms. The van der Waals surface area contributed by atoms with Crippen LogP contribution in [0.5, 0.6) is 0 Å². The quantitative estimate of drug-likeness (QED) is 0.695. The molecule has 1 saturated carbocycles. The molecule has 1 aromatic carbocycles. The Hall–Kier alpha value is -0.850. The minimum absolute atomic E-state index is 0.0536. The maximum atomic E-state index is 13.5. The van der Waals surface area contributed by atoms with Crippen LogP contribution in [0.1, 0.15) is 44.2 Å². The van der Waals surface area contributed by atoms with Gasteiger partial charge in [0.25, 0.3) is 0 Å². The molecule has 0 aliphatic heterocycles. The van der Waals surface area contributed by atoms with Crippen LogP contribution in [0.3, 0.4) is 0 Å². The van der Waals surface area contributed by atoms with Crippen molar-refractivity contribution < 1.29 is 4.39 Å². The van der Waals surface area contributed by atoms with Crippen molar-refractivity contribution in [2.75, 3.05) is 0 Å². The summed E-state index contributed by atoms with van der Waals surface area (Å²) in [5, 5.41) is 0. The van der Waals surface area contributed by atoms with E-state index in [1.54, 1.807) is 6.07 Å². The van der Waals surface area contributed by atoms with Crippen molar-refractivity contribution in [1.29, 1.82) is 0 Å². The Morgan fingerprint density at radius 1 is 1.40 bits per heavy atom. The van der Waals surface area contributed by atoms with Gasteiger partial charge >= 0.3 is 0 Å². The average Bonchev–Trinajstić information content (AvgIpc) is 2.97. The number of rotatable bonds is 3. The summed E-state index contributed by atoms with van der Waals surface area (Å²) in [7, 11) is 0. The lowest BCUT2D eigenvalue weighted by atomic mass is 9.89. The third-order valence-electron chi connectivity index (χ3n) is 4.10. The molecule has 2 atom stereocenters. The zero-order valence-corrected chi connectivity index (χ0v) is 9.81. The summed E-state index contributed by atoms with van der Waals surface area (Å²) in [5.41, 5.74) is 2.25. The third-order valence-corrected chi connectivity index (χ3v) is 4.10. The predicted molar refractivity (Wildman–Crippen MR) is 61.5 cm³/mol. The summed E-state index contributed by atoms with van der Waals surface area (Å²) in [6.45, 7) is 6.27. The van der Waals surface area contributed by atoms with E-state index in [1.807, 2.05) is 13.0 Å². The van der Waals surface area contributed by atoms with Crippen LogP contribution in [-0.4, -0.2) is 0 Å². The molecule has 0 amide bonds. The lowest BCUT2D eigenvalue weighted by Crippen LogP contribution is -2.09. The molecule has 0 saturated heterocycles. The summed E-state index contributed by atoms with van der Waals surface area (Å²) < 4.78 is 13.5. The lowest BCUT2D eigenvalue weighted by Gasteiger charge is -2.16. The molecule has 0 nitrogen and oxygen atoms in total. The normalized spacial score (nSPS) is 29.2. The van der Waals surface area contributed by atoms with E-state index in [0.717, 1.165) is 17.9 Å². The van der Waals surface area contributed by atoms with E-state index in [9.17, 15) is 4.39 Å². The van der Waals surface area contributed by atoms with Crippen molar-refractivity contribution in [1.82, 2.24) is 0 Å². The van der Waals surface area contributed by atoms with Gasteiger partial charge in [0.05, 0.1) is 0 Å². The molecule has 1 unspecified atom stereocenters. The van der Waals surface area contributed by atoms with Gasteiger partial charge in [-0.25, -0.2) is 4.39 Å². The van der Waals surface area contributed by atoms with E-state index >= 15 is 0 Å². The fourth-order valence-corrected chi connectivity index (χ4v) is 2.81. The first-order valence-corrected chi connectivity index (χ1v) is 5.90. The topological polar surface area (TPSA) is 0 Å². The van der Waals surface area contributed by atoms with E-state index in [-0.39, 0.29) is 5.82 Å². The highest BCUT2D eigenvalue weighted by molar-refractivity contribution is 5.36. The number of hydrogen-bond donors (Lipinski definition) is 0. The summed E-state index contributed by atoms with van der Waals surface area (Å²) in [6.07, 6.45) is 3.58. The van der Waals surface area contributed by atoms with Gasteiger partial charge in [0.1, 0.15) is 5.82 Å². The first-order valence-electron chi connectivity index (χ1n) is 5.90. The van der Waals surface area contributed by atoms with Crippen LogP contribution in [-0.2, 0) is 5.41 Å². The van der Waals surface area contributed by atoms with Crippen molar-refractivity contribution in [3.05, 3.63) is 35.1 Å². The van der Waals surface area contributed by atoms with Gasteiger partial charge in [-0.1, -0.05) is 32.4 Å². The predicted octanol–water partition coefficient (Wildman–Crippen LogP) is 4.21. The van der Waals surface area contributed by atoms with Gasteiger partial charge in [0.15, 0.2) is 0 Å². The smallest absolute Gasteiger partial charge is 0.126 e. The Kier molecular flexibility index (Phi) is 2.57. The van der Waals surface area contributed by atoms with Crippen molar-refractivity contribution in [3.63, 3.8) is 0 Å². The highest BCUT2D eigenvalue weighted by atomic mass is 19.1. The Morgan fingerprint density at radius 3 is 2.60 bits per heavy atom. The van der Waals surface area contributed by atoms with Gasteiger partial charge in [-0.15, -0.1) is 0 Å². The van der Waals surface area contributed by atoms with Crippen LogP contribution in [0.2, 0.25) is 0 Å². The van der Waals surface area contributed by atoms with Gasteiger partial charge < -0.3 is 0 Å². The molecule has 1 aliphatic rings. The highest BCUT2D eigenvalue weighted by Gasteiger charge is 2.52. The molecule has 0 aromatic heterocycles. The van der Waals surface area contributed by atoms with Crippen molar-refractivity contribution in [2.24, 2.45) is 5.92 Å². The largest absolute Gasteiger partial charge is 0.207 e. The zero-order valence-electron chi connectivity index (χ0n) is 9.81. The zero-order chi connectivity index (χ0) is 11.1. The first-order chi connectivity index (χ1) is 7.14. The number of halogens is 1. The fourth-order valence-electron chi connectivity index (χ4n) is 2.81. The molecule has 1 aromatic rings. The molecule has 82 valence electrons. The van der Waals surface area contributed by atoms with Gasteiger partial charge in [-0.05, 0) is 48.3 Å². The van der Waals surface area contributed by atoms with E-state index < -0.39 is 0 Å². The van der Waals surface area contributed by atoms with Gasteiger partial charge in [-0.2, -0.15) is 0 Å². The highest BCUT2D eigenvalue weighted by Crippen LogP contribution is 2.58. The first kappa shape index (κ1) is 10.7. The van der Waals surface area contributed by atoms with Crippen molar-refractivity contribution in [3.8, 4) is 0 Å². The second-order valence-corrected chi connectivity index (χ2v) is 4.78. The monoisotopic (exact) mass is 206 g/mol. The molecular formula is C14H19F. The number of aryl methyl sites for hydroxylation is 1. The molecule has 0 heterocycles. The second-order valence-electron chi connectivity index (χ2n) is 4.78. The minimum atomic E-state index is -0.0536. The van der Waals surface area contributed by atoms with E-state index in [1.165, 1.54) is 18.4 Å². The molecule has 1 aliphatic carbocycles. The molecule has 0 N–H and O–H groups in total. The van der Waals surface area contributed by atoms with Crippen LogP contribution in [0, 0.1) is 18.7 Å². The van der Waals surface area contributed by atoms with Crippen LogP contribution in [0.15, 0.2) is 18.2 Å². The van der Waals surface area contributed by atoms with Gasteiger partial charge in [0.2, 0.25) is 0 Å². The molecule has 0 radical (unpaired) electrons. The molecule has 1 fully saturated rings. The number of hydrogen-bond acceptors (Lipinski definition) is 0. The maximum absolute atomic E-state index is 13.5. The summed E-state index contributed by atoms with van der Waals surface area (Å²) in [5.74, 6) is 0.715. The Morgan fingerprint density at radius 2 is 2.13 bits per heavy atom. The SMILES string of the molecule is CC[C@@H]1CC1(CC)c1ccc(C)c(F)c1. The van der Waals surface area contributed by atoms with Crippen LogP contribution in [0.4, 0.5) is 4.39 Å². The van der Waals surface area contributed by atoms with E-state index in [4.69, 9.17) is 0 Å². The standard InChI is InChI=1S/C14H19F/c1-4-11-9-14(11,5-2)12-7-6-10(3)13(15)8-12/h6-8,11H,4-5,9H2,1-3H3/t11-,14?/m1/s1. The Labute approximate surface area is 91.5 Å². The molecule has 0 bridgehead atoms. The van der Waals surface area contributed by atoms with Gasteiger partial charge in [0, 0.05) is 0 Å². The Bertz CT molecular complexity index is 370. The van der Waals surface area contributed by atoms with Crippen LogP contribution < -0.4 is 0 Å². The molecule has 1 heteroatoms. The van der Waals surface area contributed by atoms with E-state index in [2.05, 4.69) is 19.9 Å². The molecular weight excluding hydrogens is 187 g/mol. The van der Waals surface area contributed by atoms with Crippen LogP contribution >= 0.6 is 0 Å². The second kappa shape index (κ2) is 3.62. The maximum Gasteiger partial charge on any atom is 0.126 e. The van der Waals surface area contributed by atoms with Crippen LogP contribution in [0.25, 0.3) is 0 Å². The summed E-state index contributed by atoms with van der Waals surface area (Å²) in [6, 6.07) is 5.76. The average molecular weight is 206 g/mol. The lowest BCUT2D eigenvalue weighted by molar-refractivity contribution is 0.559. The summed E-state index contributed by atoms with van der Waals surface area (Å²) in [4.78, 5) is 0. The number of benzene rings is 1. The van der Waals surface area contributed by atoms with Crippen molar-refractivity contribution in [2.45, 2.75) is 45.4 Å². The molecule has 15 heavy (non-hydrogen) atoms. The minimum Gasteiger partial charge on any atom is -0.207 e.